The van der Waals surface area contributed by atoms with Crippen molar-refractivity contribution in [1.82, 2.24) is 9.80 Å². The van der Waals surface area contributed by atoms with Crippen LogP contribution in [-0.2, 0) is 0 Å². The van der Waals surface area contributed by atoms with Crippen molar-refractivity contribution in [2.45, 2.75) is 13.3 Å². The van der Waals surface area contributed by atoms with E-state index in [-0.39, 0.29) is 0 Å². The van der Waals surface area contributed by atoms with Gasteiger partial charge in [0.05, 0.1) is 0 Å². The molecule has 1 rings (SSSR count). The second-order valence-electron chi connectivity index (χ2n) is 4.22. The number of hydrogen-bond acceptors (Lipinski definition) is 3. The first-order valence-electron chi connectivity index (χ1n) is 5.51. The van der Waals surface area contributed by atoms with Crippen molar-refractivity contribution >= 4 is 0 Å². The van der Waals surface area contributed by atoms with Gasteiger partial charge in [-0.05, 0) is 26.4 Å². The first kappa shape index (κ1) is 11.7. The van der Waals surface area contributed by atoms with E-state index in [1.54, 1.807) is 0 Å². The van der Waals surface area contributed by atoms with E-state index in [1.807, 2.05) is 0 Å². The zero-order chi connectivity index (χ0) is 10.4. The molecular weight excluding hydrogens is 174 g/mol. The molecule has 1 fully saturated rings. The normalized spacial score (nSPS) is 19.9. The van der Waals surface area contributed by atoms with E-state index in [0.29, 0.717) is 0 Å². The lowest BCUT2D eigenvalue weighted by atomic mass is 10.2. The van der Waals surface area contributed by atoms with Crippen LogP contribution in [0.15, 0.2) is 12.2 Å². The molecule has 0 aromatic carbocycles. The molecule has 1 aliphatic rings. The Bertz CT molecular complexity index is 171. The van der Waals surface area contributed by atoms with Crippen molar-refractivity contribution in [2.75, 3.05) is 45.8 Å². The molecule has 2 N–H and O–H groups in total. The highest BCUT2D eigenvalue weighted by Gasteiger charge is 2.15. The summed E-state index contributed by atoms with van der Waals surface area (Å²) in [5, 5.41) is 0. The minimum absolute atomic E-state index is 0.811. The lowest BCUT2D eigenvalue weighted by molar-refractivity contribution is 0.140. The fourth-order valence-electron chi connectivity index (χ4n) is 1.87. The van der Waals surface area contributed by atoms with Crippen LogP contribution in [-0.4, -0.2) is 55.6 Å². The second-order valence-corrected chi connectivity index (χ2v) is 4.22. The van der Waals surface area contributed by atoms with Crippen LogP contribution in [0, 0.1) is 0 Å². The first-order chi connectivity index (χ1) is 6.72. The smallest absolute Gasteiger partial charge is 0.0188 e. The zero-order valence-electron chi connectivity index (χ0n) is 9.34. The Morgan fingerprint density at radius 2 is 1.79 bits per heavy atom. The van der Waals surface area contributed by atoms with Gasteiger partial charge in [-0.1, -0.05) is 12.2 Å². The maximum Gasteiger partial charge on any atom is 0.0188 e. The van der Waals surface area contributed by atoms with Gasteiger partial charge in [-0.25, -0.2) is 0 Å². The molecule has 3 heteroatoms. The molecule has 3 nitrogen and oxygen atoms in total. The van der Waals surface area contributed by atoms with Crippen LogP contribution < -0.4 is 5.73 Å². The van der Waals surface area contributed by atoms with Gasteiger partial charge in [-0.15, -0.1) is 0 Å². The number of hydrogen-bond donors (Lipinski definition) is 1. The molecule has 0 bridgehead atoms. The monoisotopic (exact) mass is 197 g/mol. The van der Waals surface area contributed by atoms with Crippen molar-refractivity contribution in [3.8, 4) is 0 Å². The molecule has 0 aliphatic carbocycles. The molecule has 0 spiro atoms. The summed E-state index contributed by atoms with van der Waals surface area (Å²) in [7, 11) is 0. The van der Waals surface area contributed by atoms with Crippen molar-refractivity contribution < 1.29 is 0 Å². The molecule has 1 aliphatic heterocycles. The Morgan fingerprint density at radius 3 is 2.29 bits per heavy atom. The molecule has 82 valence electrons. The average molecular weight is 197 g/mol. The van der Waals surface area contributed by atoms with Crippen LogP contribution in [0.5, 0.6) is 0 Å². The highest BCUT2D eigenvalue weighted by atomic mass is 15.3. The number of piperazine rings is 1. The van der Waals surface area contributed by atoms with E-state index in [1.165, 1.54) is 31.8 Å². The second kappa shape index (κ2) is 6.17. The van der Waals surface area contributed by atoms with Crippen molar-refractivity contribution in [3.05, 3.63) is 12.2 Å². The Hall–Kier alpha value is -0.380. The topological polar surface area (TPSA) is 32.5 Å². The van der Waals surface area contributed by atoms with Crippen LogP contribution in [0.3, 0.4) is 0 Å². The van der Waals surface area contributed by atoms with E-state index in [9.17, 15) is 0 Å². The summed E-state index contributed by atoms with van der Waals surface area (Å²) in [6, 6.07) is 0. The summed E-state index contributed by atoms with van der Waals surface area (Å²) in [6.07, 6.45) is 1.13. The van der Waals surface area contributed by atoms with Gasteiger partial charge in [0.25, 0.3) is 0 Å². The van der Waals surface area contributed by atoms with Gasteiger partial charge in [-0.3, -0.25) is 4.90 Å². The summed E-state index contributed by atoms with van der Waals surface area (Å²) < 4.78 is 0. The van der Waals surface area contributed by atoms with Crippen LogP contribution in [0.25, 0.3) is 0 Å². The summed E-state index contributed by atoms with van der Waals surface area (Å²) in [5.74, 6) is 0. The van der Waals surface area contributed by atoms with Crippen LogP contribution >= 0.6 is 0 Å². The molecule has 0 aromatic heterocycles. The molecule has 14 heavy (non-hydrogen) atoms. The van der Waals surface area contributed by atoms with E-state index >= 15 is 0 Å². The maximum absolute atomic E-state index is 5.49. The third kappa shape index (κ3) is 4.22. The number of nitrogens with zero attached hydrogens (tertiary/aromatic N) is 2. The third-order valence-corrected chi connectivity index (χ3v) is 2.64. The van der Waals surface area contributed by atoms with Crippen molar-refractivity contribution in [2.24, 2.45) is 5.73 Å². The van der Waals surface area contributed by atoms with Gasteiger partial charge in [0.2, 0.25) is 0 Å². The maximum atomic E-state index is 5.49. The molecule has 0 aromatic rings. The predicted octanol–water partition coefficient (Wildman–Crippen LogP) is 0.529. The van der Waals surface area contributed by atoms with Crippen LogP contribution in [0.1, 0.15) is 13.3 Å². The molecule has 1 heterocycles. The van der Waals surface area contributed by atoms with Gasteiger partial charge < -0.3 is 10.6 Å². The molecule has 0 unspecified atom stereocenters. The highest BCUT2D eigenvalue weighted by Crippen LogP contribution is 2.04. The first-order valence-corrected chi connectivity index (χ1v) is 5.51. The molecule has 0 radical (unpaired) electrons. The van der Waals surface area contributed by atoms with Crippen molar-refractivity contribution in [3.63, 3.8) is 0 Å². The lowest BCUT2D eigenvalue weighted by Gasteiger charge is -2.34. The van der Waals surface area contributed by atoms with E-state index < -0.39 is 0 Å². The minimum atomic E-state index is 0.811. The molecule has 0 amide bonds. The summed E-state index contributed by atoms with van der Waals surface area (Å²) >= 11 is 0. The van der Waals surface area contributed by atoms with Gasteiger partial charge >= 0.3 is 0 Å². The number of rotatable bonds is 5. The average Bonchev–Trinajstić information content (AvgIpc) is 2.16. The SMILES string of the molecule is C=C(C)CN1CCN(CCCN)CC1. The Kier molecular flexibility index (Phi) is 5.15. The summed E-state index contributed by atoms with van der Waals surface area (Å²) in [5.41, 5.74) is 6.75. The Balaban J connectivity index is 2.14. The van der Waals surface area contributed by atoms with Gasteiger partial charge in [0, 0.05) is 32.7 Å². The standard InChI is InChI=1S/C11H23N3/c1-11(2)10-14-8-6-13(7-9-14)5-3-4-12/h1,3-10,12H2,2H3. The third-order valence-electron chi connectivity index (χ3n) is 2.64. The summed E-state index contributed by atoms with van der Waals surface area (Å²) in [6.45, 7) is 13.8. The largest absolute Gasteiger partial charge is 0.330 e. The van der Waals surface area contributed by atoms with Gasteiger partial charge in [-0.2, -0.15) is 0 Å². The van der Waals surface area contributed by atoms with Crippen molar-refractivity contribution in [1.29, 1.82) is 0 Å². The molecule has 0 atom stereocenters. The molecular formula is C11H23N3. The summed E-state index contributed by atoms with van der Waals surface area (Å²) in [4.78, 5) is 4.98. The molecule has 1 saturated heterocycles. The fraction of sp³-hybridized carbons (Fsp3) is 0.818. The minimum Gasteiger partial charge on any atom is -0.330 e. The van der Waals surface area contributed by atoms with E-state index in [4.69, 9.17) is 5.73 Å². The highest BCUT2D eigenvalue weighted by molar-refractivity contribution is 4.92. The Labute approximate surface area is 87.6 Å². The van der Waals surface area contributed by atoms with Crippen LogP contribution in [0.4, 0.5) is 0 Å². The van der Waals surface area contributed by atoms with E-state index in [0.717, 1.165) is 26.1 Å². The zero-order valence-corrected chi connectivity index (χ0v) is 9.34. The van der Waals surface area contributed by atoms with Crippen LogP contribution in [0.2, 0.25) is 0 Å². The van der Waals surface area contributed by atoms with Gasteiger partial charge in [0.1, 0.15) is 0 Å². The predicted molar refractivity (Wildman–Crippen MR) is 61.4 cm³/mol. The van der Waals surface area contributed by atoms with Gasteiger partial charge in [0.15, 0.2) is 0 Å². The Morgan fingerprint density at radius 1 is 1.21 bits per heavy atom. The number of nitrogens with two attached hydrogens (primary N) is 1. The molecule has 0 saturated carbocycles. The quantitative estimate of drug-likeness (QED) is 0.653. The lowest BCUT2D eigenvalue weighted by Crippen LogP contribution is -2.47. The fourth-order valence-corrected chi connectivity index (χ4v) is 1.87. The van der Waals surface area contributed by atoms with E-state index in [2.05, 4.69) is 23.3 Å².